The number of aliphatic imine (C=N–C) groups is 1. The van der Waals surface area contributed by atoms with Gasteiger partial charge in [-0.3, -0.25) is 4.99 Å². The molecule has 0 aromatic heterocycles. The van der Waals surface area contributed by atoms with Crippen LogP contribution >= 0.6 is 0 Å². The van der Waals surface area contributed by atoms with Gasteiger partial charge in [-0.15, -0.1) is 0 Å². The number of rotatable bonds is 3. The number of hydrogen-bond donors (Lipinski definition) is 0. The number of hydrogen-bond acceptors (Lipinski definition) is 1. The summed E-state index contributed by atoms with van der Waals surface area (Å²) in [4.78, 5) is 4.46. The van der Waals surface area contributed by atoms with Crippen LogP contribution in [-0.4, -0.2) is 12.3 Å². The first kappa shape index (κ1) is 8.51. The average Bonchev–Trinajstić information content (AvgIpc) is 2.06. The summed E-state index contributed by atoms with van der Waals surface area (Å²) in [5, 5.41) is 0. The molecular formula is C10H17N. The molecule has 1 aliphatic heterocycles. The number of nitrogens with zero attached hydrogens (tertiary/aromatic N) is 1. The predicted octanol–water partition coefficient (Wildman–Crippen LogP) is 2.82. The molecule has 0 saturated heterocycles. The van der Waals surface area contributed by atoms with E-state index in [0.29, 0.717) is 12.0 Å². The second-order valence-corrected chi connectivity index (χ2v) is 3.11. The fourth-order valence-corrected chi connectivity index (χ4v) is 1.58. The maximum Gasteiger partial charge on any atom is 0.0562 e. The van der Waals surface area contributed by atoms with Crippen LogP contribution in [0.15, 0.2) is 17.1 Å². The molecule has 1 nitrogen and oxygen atoms in total. The van der Waals surface area contributed by atoms with Gasteiger partial charge in [0.1, 0.15) is 0 Å². The summed E-state index contributed by atoms with van der Waals surface area (Å²) in [6.07, 6.45) is 9.99. The Morgan fingerprint density at radius 3 is 2.82 bits per heavy atom. The third-order valence-corrected chi connectivity index (χ3v) is 2.27. The van der Waals surface area contributed by atoms with Crippen molar-refractivity contribution >= 4 is 6.21 Å². The van der Waals surface area contributed by atoms with Crippen LogP contribution in [0.1, 0.15) is 33.1 Å². The van der Waals surface area contributed by atoms with Gasteiger partial charge in [-0.25, -0.2) is 0 Å². The Bertz CT molecular complexity index is 158. The molecule has 11 heavy (non-hydrogen) atoms. The van der Waals surface area contributed by atoms with Crippen molar-refractivity contribution in [1.29, 1.82) is 0 Å². The Balaban J connectivity index is 2.48. The van der Waals surface area contributed by atoms with Crippen LogP contribution < -0.4 is 0 Å². The van der Waals surface area contributed by atoms with Crippen molar-refractivity contribution in [2.24, 2.45) is 10.9 Å². The minimum Gasteiger partial charge on any atom is -0.289 e. The Morgan fingerprint density at radius 1 is 1.36 bits per heavy atom. The van der Waals surface area contributed by atoms with E-state index in [4.69, 9.17) is 0 Å². The molecule has 1 heterocycles. The lowest BCUT2D eigenvalue weighted by atomic mass is 9.92. The van der Waals surface area contributed by atoms with Gasteiger partial charge in [-0.1, -0.05) is 26.3 Å². The van der Waals surface area contributed by atoms with Crippen LogP contribution in [0.4, 0.5) is 0 Å². The zero-order valence-electron chi connectivity index (χ0n) is 7.46. The fourth-order valence-electron chi connectivity index (χ4n) is 1.58. The first-order chi connectivity index (χ1) is 5.38. The number of allylic oxidation sites excluding steroid dienone is 1. The quantitative estimate of drug-likeness (QED) is 0.588. The van der Waals surface area contributed by atoms with E-state index in [0.717, 1.165) is 0 Å². The Labute approximate surface area is 69.2 Å². The van der Waals surface area contributed by atoms with E-state index in [9.17, 15) is 0 Å². The molecule has 0 N–H and O–H groups in total. The van der Waals surface area contributed by atoms with Crippen molar-refractivity contribution in [3.8, 4) is 0 Å². The lowest BCUT2D eigenvalue weighted by Gasteiger charge is -2.21. The average molecular weight is 151 g/mol. The van der Waals surface area contributed by atoms with Crippen LogP contribution in [0, 0.1) is 5.92 Å². The van der Waals surface area contributed by atoms with E-state index in [-0.39, 0.29) is 0 Å². The van der Waals surface area contributed by atoms with E-state index in [1.54, 1.807) is 0 Å². The van der Waals surface area contributed by atoms with Gasteiger partial charge in [-0.2, -0.15) is 0 Å². The molecule has 0 aromatic carbocycles. The molecule has 0 saturated carbocycles. The standard InChI is InChI=1S/C10H17N/c1-3-6-10-9(4-2)7-5-8-11-10/h5,7-10H,3-4,6H2,1-2H3/t9-,10?/m0/s1. The highest BCUT2D eigenvalue weighted by atomic mass is 14.8. The normalized spacial score (nSPS) is 29.3. The van der Waals surface area contributed by atoms with Gasteiger partial charge >= 0.3 is 0 Å². The molecule has 2 atom stereocenters. The van der Waals surface area contributed by atoms with Gasteiger partial charge in [0.2, 0.25) is 0 Å². The maximum absolute atomic E-state index is 4.46. The van der Waals surface area contributed by atoms with Gasteiger partial charge in [0, 0.05) is 6.21 Å². The molecule has 0 bridgehead atoms. The van der Waals surface area contributed by atoms with Crippen molar-refractivity contribution in [3.63, 3.8) is 0 Å². The fraction of sp³-hybridized carbons (Fsp3) is 0.700. The maximum atomic E-state index is 4.46. The second-order valence-electron chi connectivity index (χ2n) is 3.11. The van der Waals surface area contributed by atoms with Crippen molar-refractivity contribution in [2.45, 2.75) is 39.2 Å². The van der Waals surface area contributed by atoms with Crippen LogP contribution in [-0.2, 0) is 0 Å². The van der Waals surface area contributed by atoms with Gasteiger partial charge in [-0.05, 0) is 24.8 Å². The smallest absolute Gasteiger partial charge is 0.0562 e. The summed E-state index contributed by atoms with van der Waals surface area (Å²) in [6, 6.07) is 0.565. The first-order valence-corrected chi connectivity index (χ1v) is 4.58. The van der Waals surface area contributed by atoms with Crippen molar-refractivity contribution in [2.75, 3.05) is 0 Å². The van der Waals surface area contributed by atoms with Gasteiger partial charge in [0.25, 0.3) is 0 Å². The highest BCUT2D eigenvalue weighted by molar-refractivity contribution is 5.72. The van der Waals surface area contributed by atoms with Crippen molar-refractivity contribution in [1.82, 2.24) is 0 Å². The monoisotopic (exact) mass is 151 g/mol. The molecule has 0 aliphatic carbocycles. The van der Waals surface area contributed by atoms with E-state index in [2.05, 4.69) is 31.0 Å². The Hall–Kier alpha value is -0.590. The lowest BCUT2D eigenvalue weighted by molar-refractivity contribution is 0.456. The summed E-state index contributed by atoms with van der Waals surface area (Å²) in [5.41, 5.74) is 0. The second kappa shape index (κ2) is 4.32. The molecule has 1 heteroatoms. The van der Waals surface area contributed by atoms with E-state index >= 15 is 0 Å². The molecule has 0 amide bonds. The van der Waals surface area contributed by atoms with Crippen LogP contribution in [0.5, 0.6) is 0 Å². The summed E-state index contributed by atoms with van der Waals surface area (Å²) < 4.78 is 0. The summed E-state index contributed by atoms with van der Waals surface area (Å²) >= 11 is 0. The van der Waals surface area contributed by atoms with Gasteiger partial charge < -0.3 is 0 Å². The third-order valence-electron chi connectivity index (χ3n) is 2.27. The summed E-state index contributed by atoms with van der Waals surface area (Å²) in [6.45, 7) is 4.46. The Kier molecular flexibility index (Phi) is 3.34. The SMILES string of the molecule is CCCC1N=CC=C[C@@H]1CC. The molecule has 1 aliphatic rings. The molecule has 1 rings (SSSR count). The van der Waals surface area contributed by atoms with E-state index in [1.807, 2.05) is 6.21 Å². The van der Waals surface area contributed by atoms with Crippen molar-refractivity contribution < 1.29 is 0 Å². The largest absolute Gasteiger partial charge is 0.289 e. The molecule has 0 aromatic rings. The minimum absolute atomic E-state index is 0.565. The van der Waals surface area contributed by atoms with Crippen molar-refractivity contribution in [3.05, 3.63) is 12.2 Å². The molecule has 0 radical (unpaired) electrons. The zero-order chi connectivity index (χ0) is 8.10. The molecule has 0 spiro atoms. The zero-order valence-corrected chi connectivity index (χ0v) is 7.46. The first-order valence-electron chi connectivity index (χ1n) is 4.58. The lowest BCUT2D eigenvalue weighted by Crippen LogP contribution is -2.18. The highest BCUT2D eigenvalue weighted by Crippen LogP contribution is 2.20. The molecular weight excluding hydrogens is 134 g/mol. The van der Waals surface area contributed by atoms with Crippen LogP contribution in [0.25, 0.3) is 0 Å². The summed E-state index contributed by atoms with van der Waals surface area (Å²) in [5.74, 6) is 0.694. The predicted molar refractivity (Wildman–Crippen MR) is 50.1 cm³/mol. The van der Waals surface area contributed by atoms with Gasteiger partial charge in [0.05, 0.1) is 6.04 Å². The van der Waals surface area contributed by atoms with Gasteiger partial charge in [0.15, 0.2) is 0 Å². The third kappa shape index (κ3) is 2.18. The van der Waals surface area contributed by atoms with Crippen LogP contribution in [0.2, 0.25) is 0 Å². The topological polar surface area (TPSA) is 12.4 Å². The van der Waals surface area contributed by atoms with Crippen LogP contribution in [0.3, 0.4) is 0 Å². The number of dihydropyridines is 1. The minimum atomic E-state index is 0.565. The molecule has 62 valence electrons. The molecule has 1 unspecified atom stereocenters. The summed E-state index contributed by atoms with van der Waals surface area (Å²) in [7, 11) is 0. The van der Waals surface area contributed by atoms with E-state index < -0.39 is 0 Å². The Morgan fingerprint density at radius 2 is 2.18 bits per heavy atom. The molecule has 0 fully saturated rings. The van der Waals surface area contributed by atoms with E-state index in [1.165, 1.54) is 19.3 Å². The highest BCUT2D eigenvalue weighted by Gasteiger charge is 2.16.